The van der Waals surface area contributed by atoms with Crippen LogP contribution in [0.5, 0.6) is 0 Å². The highest BCUT2D eigenvalue weighted by Gasteiger charge is 2.25. The van der Waals surface area contributed by atoms with Gasteiger partial charge in [-0.15, -0.1) is 0 Å². The Bertz CT molecular complexity index is 200. The molecule has 0 aliphatic heterocycles. The first kappa shape index (κ1) is 12.2. The van der Waals surface area contributed by atoms with Crippen LogP contribution in [0.1, 0.15) is 19.8 Å². The summed E-state index contributed by atoms with van der Waals surface area (Å²) in [6, 6.07) is 0.853. The molecule has 0 aromatic heterocycles. The third kappa shape index (κ3) is 6.33. The lowest BCUT2D eigenvalue weighted by Crippen LogP contribution is -2.35. The molecule has 0 rings (SSSR count). The molecule has 0 aromatic carbocycles. The van der Waals surface area contributed by atoms with Crippen LogP contribution in [-0.4, -0.2) is 20.3 Å². The Morgan fingerprint density at radius 2 is 1.92 bits per heavy atom. The van der Waals surface area contributed by atoms with Gasteiger partial charge < -0.3 is 14.3 Å². The Kier molecular flexibility index (Phi) is 4.69. The topological polar surface area (TPSA) is 66.4 Å². The number of aliphatic carboxylic acids is 1. The van der Waals surface area contributed by atoms with E-state index >= 15 is 0 Å². The van der Waals surface area contributed by atoms with Crippen molar-refractivity contribution in [2.75, 3.05) is 0 Å². The van der Waals surface area contributed by atoms with E-state index in [1.165, 1.54) is 0 Å². The van der Waals surface area contributed by atoms with Gasteiger partial charge in [0, 0.05) is 0 Å². The lowest BCUT2D eigenvalue weighted by Gasteiger charge is -2.22. The van der Waals surface area contributed by atoms with E-state index in [-0.39, 0.29) is 0 Å². The molecule has 0 amide bonds. The van der Waals surface area contributed by atoms with Crippen LogP contribution < -0.4 is 5.11 Å². The number of hydrogen-bond acceptors (Lipinski definition) is 4. The normalized spacial score (nSPS) is 11.0. The zero-order valence-corrected chi connectivity index (χ0v) is 9.25. The summed E-state index contributed by atoms with van der Waals surface area (Å²) in [4.78, 5) is 21.0. The van der Waals surface area contributed by atoms with E-state index in [0.29, 0.717) is 0 Å². The number of carbonyl (C=O) groups excluding carboxylic acids is 2. The summed E-state index contributed by atoms with van der Waals surface area (Å²) < 4.78 is 5.07. The first-order valence-corrected chi connectivity index (χ1v) is 7.40. The molecule has 5 heteroatoms. The predicted octanol–water partition coefficient (Wildman–Crippen LogP) is 0.285. The standard InChI is InChI=1S/C8H16O4Si/c1-4-5-13(2,3)12-8(11)6-7(9)10/h4-6H2,1-3H3,(H,9,10)/p-1. The highest BCUT2D eigenvalue weighted by Crippen LogP contribution is 2.13. The van der Waals surface area contributed by atoms with Crippen LogP contribution in [0.25, 0.3) is 0 Å². The minimum absolute atomic E-state index is 0.639. The van der Waals surface area contributed by atoms with Crippen molar-refractivity contribution in [2.24, 2.45) is 0 Å². The molecule has 0 saturated heterocycles. The fraction of sp³-hybridized carbons (Fsp3) is 0.750. The summed E-state index contributed by atoms with van der Waals surface area (Å²) in [6.07, 6.45) is 0.304. The second kappa shape index (κ2) is 5.01. The first-order chi connectivity index (χ1) is 5.87. The largest absolute Gasteiger partial charge is 0.550 e. The fourth-order valence-corrected chi connectivity index (χ4v) is 3.11. The molecule has 0 aromatic rings. The molecule has 0 aliphatic rings. The summed E-state index contributed by atoms with van der Waals surface area (Å²) >= 11 is 0. The van der Waals surface area contributed by atoms with Crippen LogP contribution in [0.3, 0.4) is 0 Å². The molecule has 0 spiro atoms. The zero-order valence-electron chi connectivity index (χ0n) is 8.25. The molecule has 0 aliphatic carbocycles. The second-order valence-corrected chi connectivity index (χ2v) is 7.76. The molecule has 0 radical (unpaired) electrons. The van der Waals surface area contributed by atoms with Gasteiger partial charge in [0.15, 0.2) is 0 Å². The quantitative estimate of drug-likeness (QED) is 0.475. The van der Waals surface area contributed by atoms with Gasteiger partial charge in [-0.25, -0.2) is 0 Å². The monoisotopic (exact) mass is 203 g/mol. The predicted molar refractivity (Wildman–Crippen MR) is 48.3 cm³/mol. The summed E-state index contributed by atoms with van der Waals surface area (Å²) in [5.74, 6) is -2.06. The first-order valence-electron chi connectivity index (χ1n) is 4.29. The highest BCUT2D eigenvalue weighted by atomic mass is 28.4. The molecule has 4 nitrogen and oxygen atoms in total. The summed E-state index contributed by atoms with van der Waals surface area (Å²) in [5.41, 5.74) is 0. The molecule has 0 fully saturated rings. The van der Waals surface area contributed by atoms with Gasteiger partial charge in [0.25, 0.3) is 5.97 Å². The van der Waals surface area contributed by atoms with Crippen molar-refractivity contribution in [3.63, 3.8) is 0 Å². The molecule has 76 valence electrons. The van der Waals surface area contributed by atoms with Gasteiger partial charge >= 0.3 is 0 Å². The third-order valence-corrected chi connectivity index (χ3v) is 4.02. The number of hydrogen-bond donors (Lipinski definition) is 0. The van der Waals surface area contributed by atoms with Crippen molar-refractivity contribution in [3.05, 3.63) is 0 Å². The zero-order chi connectivity index (χ0) is 10.5. The number of carboxylic acid groups (broad SMARTS) is 1. The Morgan fingerprint density at radius 1 is 1.38 bits per heavy atom. The third-order valence-electron chi connectivity index (χ3n) is 1.53. The van der Waals surface area contributed by atoms with Gasteiger partial charge in [0.1, 0.15) is 0 Å². The summed E-state index contributed by atoms with van der Waals surface area (Å²) in [5, 5.41) is 10.1. The van der Waals surface area contributed by atoms with E-state index in [9.17, 15) is 14.7 Å². The number of rotatable bonds is 5. The molecule has 0 saturated carbocycles. The van der Waals surface area contributed by atoms with E-state index in [0.717, 1.165) is 12.5 Å². The number of carboxylic acids is 1. The van der Waals surface area contributed by atoms with Crippen LogP contribution in [-0.2, 0) is 14.0 Å². The van der Waals surface area contributed by atoms with Gasteiger partial charge in [-0.2, -0.15) is 0 Å². The maximum Gasteiger partial charge on any atom is 0.298 e. The van der Waals surface area contributed by atoms with Crippen LogP contribution >= 0.6 is 0 Å². The van der Waals surface area contributed by atoms with E-state index in [1.54, 1.807) is 0 Å². The van der Waals surface area contributed by atoms with E-state index in [2.05, 4.69) is 0 Å². The molecule has 0 heterocycles. The van der Waals surface area contributed by atoms with Gasteiger partial charge in [-0.1, -0.05) is 13.3 Å². The molecular weight excluding hydrogens is 188 g/mol. The minimum atomic E-state index is -1.97. The lowest BCUT2D eigenvalue weighted by molar-refractivity contribution is -0.304. The van der Waals surface area contributed by atoms with Crippen LogP contribution in [0, 0.1) is 0 Å². The Hall–Kier alpha value is -0.843. The van der Waals surface area contributed by atoms with Crippen molar-refractivity contribution < 1.29 is 19.1 Å². The van der Waals surface area contributed by atoms with Gasteiger partial charge in [-0.05, 0) is 19.1 Å². The van der Waals surface area contributed by atoms with Crippen molar-refractivity contribution in [2.45, 2.75) is 38.9 Å². The SMILES string of the molecule is CCC[Si](C)(C)OC(=O)CC(=O)[O-]. The molecular formula is C8H15O4Si-. The van der Waals surface area contributed by atoms with Crippen LogP contribution in [0.4, 0.5) is 0 Å². The fourth-order valence-electron chi connectivity index (χ4n) is 1.12. The Labute approximate surface area is 79.0 Å². The minimum Gasteiger partial charge on any atom is -0.550 e. The van der Waals surface area contributed by atoms with Crippen LogP contribution in [0.15, 0.2) is 0 Å². The second-order valence-electron chi connectivity index (χ2n) is 3.53. The molecule has 13 heavy (non-hydrogen) atoms. The van der Waals surface area contributed by atoms with Crippen molar-refractivity contribution in [1.82, 2.24) is 0 Å². The molecule has 0 unspecified atom stereocenters. The Morgan fingerprint density at radius 3 is 2.31 bits per heavy atom. The maximum absolute atomic E-state index is 10.9. The van der Waals surface area contributed by atoms with Crippen molar-refractivity contribution >= 4 is 20.3 Å². The smallest absolute Gasteiger partial charge is 0.298 e. The summed E-state index contributed by atoms with van der Waals surface area (Å²) in [6.45, 7) is 5.79. The van der Waals surface area contributed by atoms with Crippen LogP contribution in [0.2, 0.25) is 19.1 Å². The van der Waals surface area contributed by atoms with Crippen molar-refractivity contribution in [1.29, 1.82) is 0 Å². The average Bonchev–Trinajstić information content (AvgIpc) is 1.81. The number of carbonyl (C=O) groups is 2. The van der Waals surface area contributed by atoms with Gasteiger partial charge in [-0.3, -0.25) is 4.79 Å². The van der Waals surface area contributed by atoms with E-state index < -0.39 is 26.7 Å². The molecule has 0 bridgehead atoms. The van der Waals surface area contributed by atoms with E-state index in [4.69, 9.17) is 4.43 Å². The average molecular weight is 203 g/mol. The van der Waals surface area contributed by atoms with Gasteiger partial charge in [0.2, 0.25) is 8.32 Å². The Balaban J connectivity index is 3.96. The van der Waals surface area contributed by atoms with Gasteiger partial charge in [0.05, 0.1) is 12.4 Å². The summed E-state index contributed by atoms with van der Waals surface area (Å²) in [7, 11) is -1.97. The lowest BCUT2D eigenvalue weighted by atomic mass is 10.5. The van der Waals surface area contributed by atoms with E-state index in [1.807, 2.05) is 20.0 Å². The molecule has 0 atom stereocenters. The highest BCUT2D eigenvalue weighted by molar-refractivity contribution is 6.72. The molecule has 0 N–H and O–H groups in total. The van der Waals surface area contributed by atoms with Crippen molar-refractivity contribution in [3.8, 4) is 0 Å². The maximum atomic E-state index is 10.9.